The highest BCUT2D eigenvalue weighted by atomic mass is 16.1. The van der Waals surface area contributed by atoms with Crippen molar-refractivity contribution < 1.29 is 4.79 Å². The number of para-hydroxylation sites is 2. The Kier molecular flexibility index (Phi) is 5.70. The van der Waals surface area contributed by atoms with Gasteiger partial charge in [0.05, 0.1) is 11.4 Å². The van der Waals surface area contributed by atoms with Gasteiger partial charge in [-0.1, -0.05) is 55.8 Å². The molecule has 5 nitrogen and oxygen atoms in total. The number of pyridine rings is 1. The molecule has 0 aliphatic carbocycles. The van der Waals surface area contributed by atoms with E-state index in [2.05, 4.69) is 11.9 Å². The lowest BCUT2D eigenvalue weighted by molar-refractivity contribution is 0.102. The predicted molar refractivity (Wildman–Crippen MR) is 118 cm³/mol. The van der Waals surface area contributed by atoms with Gasteiger partial charge in [0.25, 0.3) is 5.56 Å². The molecule has 0 spiro atoms. The first kappa shape index (κ1) is 19.6. The van der Waals surface area contributed by atoms with E-state index in [1.807, 2.05) is 60.7 Å². The Morgan fingerprint density at radius 2 is 1.43 bits per heavy atom. The van der Waals surface area contributed by atoms with Crippen molar-refractivity contribution in [2.24, 2.45) is 0 Å². The third-order valence-corrected chi connectivity index (χ3v) is 5.04. The highest BCUT2D eigenvalue weighted by molar-refractivity contribution is 6.07. The Bertz CT molecular complexity index is 1190. The molecule has 0 N–H and O–H groups in total. The Morgan fingerprint density at radius 1 is 0.833 bits per heavy atom. The van der Waals surface area contributed by atoms with Gasteiger partial charge >= 0.3 is 0 Å². The van der Waals surface area contributed by atoms with Crippen LogP contribution < -0.4 is 5.56 Å². The third-order valence-electron chi connectivity index (χ3n) is 5.04. The molecular weight excluding hydrogens is 374 g/mol. The normalized spacial score (nSPS) is 10.8. The van der Waals surface area contributed by atoms with Gasteiger partial charge in [-0.05, 0) is 49.2 Å². The molecule has 0 saturated carbocycles. The number of ketones is 1. The fourth-order valence-corrected chi connectivity index (χ4v) is 3.59. The van der Waals surface area contributed by atoms with Gasteiger partial charge in [0.2, 0.25) is 5.78 Å². The van der Waals surface area contributed by atoms with E-state index in [-0.39, 0.29) is 11.3 Å². The number of hydrogen-bond acceptors (Lipinski definition) is 3. The molecule has 150 valence electrons. The molecule has 0 saturated heterocycles. The summed E-state index contributed by atoms with van der Waals surface area (Å²) in [6.45, 7) is 2.07. The van der Waals surface area contributed by atoms with Gasteiger partial charge in [0.15, 0.2) is 0 Å². The van der Waals surface area contributed by atoms with E-state index >= 15 is 0 Å². The maximum Gasteiger partial charge on any atom is 0.275 e. The first-order chi connectivity index (χ1) is 14.7. The molecule has 5 heteroatoms. The van der Waals surface area contributed by atoms with Gasteiger partial charge in [-0.15, -0.1) is 0 Å². The van der Waals surface area contributed by atoms with Crippen molar-refractivity contribution in [1.82, 2.24) is 14.3 Å². The molecule has 0 aliphatic heterocycles. The minimum absolute atomic E-state index is 0.169. The van der Waals surface area contributed by atoms with E-state index in [9.17, 15) is 9.59 Å². The Balaban J connectivity index is 2.06. The van der Waals surface area contributed by atoms with Crippen molar-refractivity contribution in [3.63, 3.8) is 0 Å². The van der Waals surface area contributed by atoms with Crippen LogP contribution in [0.3, 0.4) is 0 Å². The van der Waals surface area contributed by atoms with Gasteiger partial charge < -0.3 is 0 Å². The molecule has 0 radical (unpaired) electrons. The molecule has 0 aliphatic rings. The van der Waals surface area contributed by atoms with E-state index in [1.54, 1.807) is 33.8 Å². The van der Waals surface area contributed by atoms with E-state index in [1.165, 1.54) is 0 Å². The number of rotatable bonds is 7. The Morgan fingerprint density at radius 3 is 2.00 bits per heavy atom. The van der Waals surface area contributed by atoms with E-state index in [4.69, 9.17) is 0 Å². The molecule has 2 aromatic heterocycles. The molecule has 2 heterocycles. The Hall–Kier alpha value is -3.73. The SMILES string of the molecule is CCCCc1c(C(=O)c2ccccn2)n(-c2ccccc2)n(-c2ccccc2)c1=O. The zero-order valence-electron chi connectivity index (χ0n) is 16.9. The second kappa shape index (κ2) is 8.74. The van der Waals surface area contributed by atoms with E-state index < -0.39 is 0 Å². The standard InChI is InChI=1S/C25H23N3O2/c1-2-3-16-21-23(24(29)22-17-10-11-18-26-22)27(19-12-6-4-7-13-19)28(25(21)30)20-14-8-5-9-15-20/h4-15,17-18H,2-3,16H2,1H3. The van der Waals surface area contributed by atoms with Gasteiger partial charge in [-0.25, -0.2) is 9.36 Å². The van der Waals surface area contributed by atoms with Crippen LogP contribution in [0.2, 0.25) is 0 Å². The molecule has 0 amide bonds. The summed E-state index contributed by atoms with van der Waals surface area (Å²) in [4.78, 5) is 31.4. The van der Waals surface area contributed by atoms with Crippen molar-refractivity contribution in [1.29, 1.82) is 0 Å². The summed E-state index contributed by atoms with van der Waals surface area (Å²) in [5.41, 5.74) is 2.52. The summed E-state index contributed by atoms with van der Waals surface area (Å²) in [6.07, 6.45) is 3.89. The largest absolute Gasteiger partial charge is 0.285 e. The molecule has 4 aromatic rings. The van der Waals surface area contributed by atoms with Crippen LogP contribution in [0.5, 0.6) is 0 Å². The lowest BCUT2D eigenvalue weighted by Crippen LogP contribution is -2.22. The summed E-state index contributed by atoms with van der Waals surface area (Å²) in [6, 6.07) is 24.2. The number of hydrogen-bond donors (Lipinski definition) is 0. The van der Waals surface area contributed by atoms with Gasteiger partial charge in [-0.3, -0.25) is 14.6 Å². The number of carbonyl (C=O) groups is 1. The average molecular weight is 397 g/mol. The molecule has 0 atom stereocenters. The number of carbonyl (C=O) groups excluding carboxylic acids is 1. The number of benzene rings is 2. The van der Waals surface area contributed by atoms with Gasteiger partial charge in [0.1, 0.15) is 11.4 Å². The van der Waals surface area contributed by atoms with Crippen LogP contribution in [0.15, 0.2) is 89.9 Å². The quantitative estimate of drug-likeness (QED) is 0.428. The molecular formula is C25H23N3O2. The molecule has 30 heavy (non-hydrogen) atoms. The highest BCUT2D eigenvalue weighted by Crippen LogP contribution is 2.22. The fraction of sp³-hybridized carbons (Fsp3) is 0.160. The van der Waals surface area contributed by atoms with Gasteiger partial charge in [-0.2, -0.15) is 0 Å². The zero-order valence-corrected chi connectivity index (χ0v) is 16.9. The van der Waals surface area contributed by atoms with Crippen LogP contribution in [0.25, 0.3) is 11.4 Å². The van der Waals surface area contributed by atoms with E-state index in [0.717, 1.165) is 18.5 Å². The van der Waals surface area contributed by atoms with Gasteiger partial charge in [0, 0.05) is 11.8 Å². The summed E-state index contributed by atoms with van der Waals surface area (Å²) >= 11 is 0. The van der Waals surface area contributed by atoms with Crippen LogP contribution in [-0.2, 0) is 6.42 Å². The minimum Gasteiger partial charge on any atom is -0.285 e. The first-order valence-electron chi connectivity index (χ1n) is 10.2. The van der Waals surface area contributed by atoms with Crippen molar-refractivity contribution in [3.05, 3.63) is 112 Å². The van der Waals surface area contributed by atoms with Crippen LogP contribution in [-0.4, -0.2) is 20.1 Å². The molecule has 2 aromatic carbocycles. The maximum atomic E-state index is 13.6. The van der Waals surface area contributed by atoms with Crippen LogP contribution >= 0.6 is 0 Å². The molecule has 0 fully saturated rings. The predicted octanol–water partition coefficient (Wildman–Crippen LogP) is 4.60. The monoisotopic (exact) mass is 397 g/mol. The second-order valence-electron chi connectivity index (χ2n) is 7.07. The van der Waals surface area contributed by atoms with Crippen molar-refractivity contribution in [2.75, 3.05) is 0 Å². The maximum absolute atomic E-state index is 13.6. The summed E-state index contributed by atoms with van der Waals surface area (Å²) in [5.74, 6) is -0.252. The number of unbranched alkanes of at least 4 members (excludes halogenated alkanes) is 1. The van der Waals surface area contributed by atoms with Crippen LogP contribution in [0.4, 0.5) is 0 Å². The third kappa shape index (κ3) is 3.62. The topological polar surface area (TPSA) is 56.9 Å². The highest BCUT2D eigenvalue weighted by Gasteiger charge is 2.27. The molecule has 0 bridgehead atoms. The van der Waals surface area contributed by atoms with Crippen molar-refractivity contribution in [2.45, 2.75) is 26.2 Å². The smallest absolute Gasteiger partial charge is 0.275 e. The second-order valence-corrected chi connectivity index (χ2v) is 7.07. The number of nitrogens with zero attached hydrogens (tertiary/aromatic N) is 3. The zero-order chi connectivity index (χ0) is 20.9. The Labute approximate surface area is 175 Å². The van der Waals surface area contributed by atoms with Crippen molar-refractivity contribution >= 4 is 5.78 Å². The first-order valence-corrected chi connectivity index (χ1v) is 10.2. The average Bonchev–Trinajstić information content (AvgIpc) is 3.10. The van der Waals surface area contributed by atoms with Crippen LogP contribution in [0, 0.1) is 0 Å². The minimum atomic E-state index is -0.252. The lowest BCUT2D eigenvalue weighted by Gasteiger charge is -2.15. The van der Waals surface area contributed by atoms with E-state index in [0.29, 0.717) is 29.1 Å². The summed E-state index contributed by atoms with van der Waals surface area (Å²) < 4.78 is 3.33. The summed E-state index contributed by atoms with van der Waals surface area (Å²) in [5, 5.41) is 0. The number of aromatic nitrogens is 3. The molecule has 0 unspecified atom stereocenters. The molecule has 4 rings (SSSR count). The van der Waals surface area contributed by atoms with Crippen molar-refractivity contribution in [3.8, 4) is 11.4 Å². The lowest BCUT2D eigenvalue weighted by atomic mass is 10.0. The van der Waals surface area contributed by atoms with Crippen LogP contribution in [0.1, 0.15) is 41.5 Å². The summed E-state index contributed by atoms with van der Waals surface area (Å²) in [7, 11) is 0. The fourth-order valence-electron chi connectivity index (χ4n) is 3.59.